The number of nitrogens with two attached hydrogens (primary N) is 1. The molecule has 4 heteroatoms. The topological polar surface area (TPSA) is 55.6 Å². The number of hydrogen-bond donors (Lipinski definition) is 1. The maximum absolute atomic E-state index is 11.6. The SMILES string of the molecule is CCOC(=O)C(C)N1CCCC(CCN)C1. The summed E-state index contributed by atoms with van der Waals surface area (Å²) in [5, 5.41) is 0. The van der Waals surface area contributed by atoms with Gasteiger partial charge in [-0.1, -0.05) is 0 Å². The van der Waals surface area contributed by atoms with E-state index in [2.05, 4.69) is 4.90 Å². The van der Waals surface area contributed by atoms with E-state index in [4.69, 9.17) is 10.5 Å². The molecule has 0 bridgehead atoms. The second-order valence-electron chi connectivity index (χ2n) is 4.51. The first-order valence-electron chi connectivity index (χ1n) is 6.29. The molecule has 94 valence electrons. The van der Waals surface area contributed by atoms with Crippen molar-refractivity contribution in [1.29, 1.82) is 0 Å². The zero-order valence-corrected chi connectivity index (χ0v) is 10.4. The van der Waals surface area contributed by atoms with E-state index in [9.17, 15) is 4.79 Å². The Bertz CT molecular complexity index is 219. The van der Waals surface area contributed by atoms with Crippen molar-refractivity contribution in [2.24, 2.45) is 11.7 Å². The van der Waals surface area contributed by atoms with Gasteiger partial charge < -0.3 is 10.5 Å². The Morgan fingerprint density at radius 2 is 2.38 bits per heavy atom. The minimum absolute atomic E-state index is 0.101. The fraction of sp³-hybridized carbons (Fsp3) is 0.917. The van der Waals surface area contributed by atoms with Gasteiger partial charge in [0.05, 0.1) is 6.61 Å². The lowest BCUT2D eigenvalue weighted by Crippen LogP contribution is -2.46. The molecular formula is C12H24N2O2. The summed E-state index contributed by atoms with van der Waals surface area (Å²) < 4.78 is 5.05. The molecule has 4 nitrogen and oxygen atoms in total. The molecular weight excluding hydrogens is 204 g/mol. The van der Waals surface area contributed by atoms with Crippen LogP contribution < -0.4 is 5.73 Å². The van der Waals surface area contributed by atoms with Crippen molar-refractivity contribution in [1.82, 2.24) is 4.90 Å². The van der Waals surface area contributed by atoms with Gasteiger partial charge in [-0.2, -0.15) is 0 Å². The Kier molecular flexibility index (Phi) is 5.77. The summed E-state index contributed by atoms with van der Waals surface area (Å²) in [7, 11) is 0. The van der Waals surface area contributed by atoms with Crippen LogP contribution in [0, 0.1) is 5.92 Å². The van der Waals surface area contributed by atoms with Crippen LogP contribution in [0.1, 0.15) is 33.1 Å². The van der Waals surface area contributed by atoms with Crippen molar-refractivity contribution < 1.29 is 9.53 Å². The largest absolute Gasteiger partial charge is 0.465 e. The van der Waals surface area contributed by atoms with E-state index < -0.39 is 0 Å². The number of carbonyl (C=O) groups is 1. The predicted molar refractivity (Wildman–Crippen MR) is 64.1 cm³/mol. The Morgan fingerprint density at radius 3 is 3.00 bits per heavy atom. The number of carbonyl (C=O) groups excluding carboxylic acids is 1. The zero-order valence-electron chi connectivity index (χ0n) is 10.4. The van der Waals surface area contributed by atoms with Gasteiger partial charge >= 0.3 is 5.97 Å². The van der Waals surface area contributed by atoms with Crippen molar-refractivity contribution >= 4 is 5.97 Å². The fourth-order valence-corrected chi connectivity index (χ4v) is 2.33. The van der Waals surface area contributed by atoms with Gasteiger partial charge in [0.2, 0.25) is 0 Å². The Labute approximate surface area is 98.1 Å². The quantitative estimate of drug-likeness (QED) is 0.713. The minimum Gasteiger partial charge on any atom is -0.465 e. The van der Waals surface area contributed by atoms with Crippen molar-refractivity contribution in [3.05, 3.63) is 0 Å². The molecule has 1 rings (SSSR count). The average Bonchev–Trinajstić information content (AvgIpc) is 2.29. The molecule has 2 N–H and O–H groups in total. The van der Waals surface area contributed by atoms with Crippen LogP contribution in [0.5, 0.6) is 0 Å². The summed E-state index contributed by atoms with van der Waals surface area (Å²) in [5.41, 5.74) is 5.58. The molecule has 0 aliphatic carbocycles. The fourth-order valence-electron chi connectivity index (χ4n) is 2.33. The molecule has 0 amide bonds. The van der Waals surface area contributed by atoms with Crippen LogP contribution in [0.2, 0.25) is 0 Å². The molecule has 2 unspecified atom stereocenters. The van der Waals surface area contributed by atoms with Crippen LogP contribution >= 0.6 is 0 Å². The second kappa shape index (κ2) is 6.86. The Balaban J connectivity index is 2.43. The minimum atomic E-state index is -0.111. The molecule has 0 aromatic rings. The van der Waals surface area contributed by atoms with Crippen LogP contribution in [-0.2, 0) is 9.53 Å². The predicted octanol–water partition coefficient (Wildman–Crippen LogP) is 0.999. The van der Waals surface area contributed by atoms with Crippen LogP contribution in [0.4, 0.5) is 0 Å². The molecule has 1 aliphatic heterocycles. The molecule has 0 saturated carbocycles. The number of rotatable bonds is 5. The van der Waals surface area contributed by atoms with Gasteiger partial charge in [-0.05, 0) is 52.1 Å². The van der Waals surface area contributed by atoms with Gasteiger partial charge in [0.1, 0.15) is 6.04 Å². The molecule has 0 aromatic heterocycles. The van der Waals surface area contributed by atoms with Crippen LogP contribution in [0.15, 0.2) is 0 Å². The summed E-state index contributed by atoms with van der Waals surface area (Å²) in [6.45, 7) is 6.97. The normalized spacial score (nSPS) is 24.1. The summed E-state index contributed by atoms with van der Waals surface area (Å²) in [6.07, 6.45) is 3.46. The highest BCUT2D eigenvalue weighted by molar-refractivity contribution is 5.75. The summed E-state index contributed by atoms with van der Waals surface area (Å²) in [5.74, 6) is 0.548. The van der Waals surface area contributed by atoms with Crippen molar-refractivity contribution in [2.45, 2.75) is 39.2 Å². The summed E-state index contributed by atoms with van der Waals surface area (Å²) in [4.78, 5) is 13.8. The van der Waals surface area contributed by atoms with E-state index in [0.717, 1.165) is 32.5 Å². The van der Waals surface area contributed by atoms with Crippen LogP contribution in [0.3, 0.4) is 0 Å². The number of esters is 1. The van der Waals surface area contributed by atoms with Gasteiger partial charge in [-0.25, -0.2) is 0 Å². The third-order valence-electron chi connectivity index (χ3n) is 3.30. The number of nitrogens with zero attached hydrogens (tertiary/aromatic N) is 1. The first-order chi connectivity index (χ1) is 7.69. The first kappa shape index (κ1) is 13.5. The monoisotopic (exact) mass is 228 g/mol. The Morgan fingerprint density at radius 1 is 1.62 bits per heavy atom. The molecule has 2 atom stereocenters. The summed E-state index contributed by atoms with van der Waals surface area (Å²) in [6, 6.07) is -0.111. The smallest absolute Gasteiger partial charge is 0.323 e. The zero-order chi connectivity index (χ0) is 12.0. The van der Waals surface area contributed by atoms with Gasteiger partial charge in [-0.15, -0.1) is 0 Å². The van der Waals surface area contributed by atoms with E-state index in [1.54, 1.807) is 0 Å². The molecule has 16 heavy (non-hydrogen) atoms. The first-order valence-corrected chi connectivity index (χ1v) is 6.29. The van der Waals surface area contributed by atoms with Crippen LogP contribution in [-0.4, -0.2) is 43.2 Å². The average molecular weight is 228 g/mol. The van der Waals surface area contributed by atoms with E-state index >= 15 is 0 Å². The highest BCUT2D eigenvalue weighted by Gasteiger charge is 2.27. The molecule has 1 saturated heterocycles. The van der Waals surface area contributed by atoms with Crippen molar-refractivity contribution in [3.63, 3.8) is 0 Å². The maximum atomic E-state index is 11.6. The van der Waals surface area contributed by atoms with Gasteiger partial charge in [-0.3, -0.25) is 9.69 Å². The highest BCUT2D eigenvalue weighted by Crippen LogP contribution is 2.21. The molecule has 0 aromatic carbocycles. The van der Waals surface area contributed by atoms with Crippen LogP contribution in [0.25, 0.3) is 0 Å². The molecule has 1 fully saturated rings. The van der Waals surface area contributed by atoms with E-state index in [1.807, 2.05) is 13.8 Å². The lowest BCUT2D eigenvalue weighted by molar-refractivity contribution is -0.149. The molecule has 0 spiro atoms. The van der Waals surface area contributed by atoms with E-state index in [1.165, 1.54) is 6.42 Å². The third-order valence-corrected chi connectivity index (χ3v) is 3.30. The lowest BCUT2D eigenvalue weighted by atomic mass is 9.94. The second-order valence-corrected chi connectivity index (χ2v) is 4.51. The maximum Gasteiger partial charge on any atom is 0.323 e. The van der Waals surface area contributed by atoms with Crippen molar-refractivity contribution in [3.8, 4) is 0 Å². The third kappa shape index (κ3) is 3.76. The van der Waals surface area contributed by atoms with Gasteiger partial charge in [0.25, 0.3) is 0 Å². The molecule has 1 aliphatic rings. The van der Waals surface area contributed by atoms with Crippen molar-refractivity contribution in [2.75, 3.05) is 26.2 Å². The standard InChI is InChI=1S/C12H24N2O2/c1-3-16-12(15)10(2)14-8-4-5-11(9-14)6-7-13/h10-11H,3-9,13H2,1-2H3. The number of ether oxygens (including phenoxy) is 1. The summed E-state index contributed by atoms with van der Waals surface area (Å²) >= 11 is 0. The van der Waals surface area contributed by atoms with E-state index in [-0.39, 0.29) is 12.0 Å². The lowest BCUT2D eigenvalue weighted by Gasteiger charge is -2.35. The van der Waals surface area contributed by atoms with Gasteiger partial charge in [0.15, 0.2) is 0 Å². The van der Waals surface area contributed by atoms with E-state index in [0.29, 0.717) is 12.5 Å². The highest BCUT2D eigenvalue weighted by atomic mass is 16.5. The Hall–Kier alpha value is -0.610. The number of likely N-dealkylation sites (tertiary alicyclic amines) is 1. The number of hydrogen-bond acceptors (Lipinski definition) is 4. The number of piperidine rings is 1. The molecule has 0 radical (unpaired) electrons. The van der Waals surface area contributed by atoms with Gasteiger partial charge in [0, 0.05) is 6.54 Å². The molecule has 1 heterocycles.